The van der Waals surface area contributed by atoms with Crippen molar-refractivity contribution in [2.45, 2.75) is 6.92 Å². The van der Waals surface area contributed by atoms with Crippen LogP contribution in [-0.2, 0) is 4.79 Å². The van der Waals surface area contributed by atoms with Crippen LogP contribution in [0.25, 0.3) is 22.1 Å². The van der Waals surface area contributed by atoms with E-state index in [0.29, 0.717) is 28.8 Å². The summed E-state index contributed by atoms with van der Waals surface area (Å²) in [5.74, 6) is -0.230. The summed E-state index contributed by atoms with van der Waals surface area (Å²) in [6.45, 7) is 1.82. The van der Waals surface area contributed by atoms with Crippen LogP contribution in [0.3, 0.4) is 0 Å². The summed E-state index contributed by atoms with van der Waals surface area (Å²) in [6.07, 6.45) is 1.41. The Kier molecular flexibility index (Phi) is 5.51. The maximum Gasteiger partial charge on any atom is 0.321 e. The summed E-state index contributed by atoms with van der Waals surface area (Å²) >= 11 is 0. The lowest BCUT2D eigenvalue weighted by atomic mass is 10.1. The molecule has 0 saturated heterocycles. The number of benzene rings is 2. The second-order valence-corrected chi connectivity index (χ2v) is 5.70. The predicted octanol–water partition coefficient (Wildman–Crippen LogP) is 2.68. The molecule has 0 atom stereocenters. The average Bonchev–Trinajstić information content (AvgIpc) is 2.67. The number of amides is 3. The second kappa shape index (κ2) is 8.18. The number of imide groups is 1. The number of ether oxygens (including phenoxy) is 1. The van der Waals surface area contributed by atoms with Crippen LogP contribution in [0.1, 0.15) is 6.92 Å². The number of rotatable bonds is 5. The lowest BCUT2D eigenvalue weighted by Gasteiger charge is -2.08. The summed E-state index contributed by atoms with van der Waals surface area (Å²) in [5, 5.41) is 5.00. The zero-order chi connectivity index (χ0) is 19.2. The molecule has 2 N–H and O–H groups in total. The van der Waals surface area contributed by atoms with Crippen LogP contribution in [0.4, 0.5) is 4.79 Å². The molecule has 0 fully saturated rings. The van der Waals surface area contributed by atoms with E-state index in [1.165, 1.54) is 12.3 Å². The number of hydrogen-bond donors (Lipinski definition) is 2. The van der Waals surface area contributed by atoms with Gasteiger partial charge in [-0.05, 0) is 24.6 Å². The quantitative estimate of drug-likeness (QED) is 0.723. The SMILES string of the molecule is CCNC(=O)NC(=O)COc1ccc2c(=O)c(-c3ccccc3)coc2c1. The van der Waals surface area contributed by atoms with Crippen LogP contribution in [-0.4, -0.2) is 25.1 Å². The Morgan fingerprint density at radius 1 is 1.11 bits per heavy atom. The highest BCUT2D eigenvalue weighted by molar-refractivity contribution is 5.95. The van der Waals surface area contributed by atoms with E-state index in [0.717, 1.165) is 5.56 Å². The first-order chi connectivity index (χ1) is 13.1. The van der Waals surface area contributed by atoms with Gasteiger partial charge in [-0.25, -0.2) is 4.79 Å². The largest absolute Gasteiger partial charge is 0.484 e. The normalized spacial score (nSPS) is 10.4. The van der Waals surface area contributed by atoms with Gasteiger partial charge < -0.3 is 14.5 Å². The molecule has 3 amide bonds. The Morgan fingerprint density at radius 2 is 1.89 bits per heavy atom. The van der Waals surface area contributed by atoms with Crippen molar-refractivity contribution < 1.29 is 18.7 Å². The molecule has 0 spiro atoms. The molecule has 7 nitrogen and oxygen atoms in total. The maximum absolute atomic E-state index is 12.7. The lowest BCUT2D eigenvalue weighted by Crippen LogP contribution is -2.41. The van der Waals surface area contributed by atoms with Gasteiger partial charge in [0.2, 0.25) is 0 Å². The topological polar surface area (TPSA) is 97.6 Å². The van der Waals surface area contributed by atoms with Crippen molar-refractivity contribution in [3.63, 3.8) is 0 Å². The van der Waals surface area contributed by atoms with Crippen LogP contribution in [0, 0.1) is 0 Å². The van der Waals surface area contributed by atoms with Gasteiger partial charge in [-0.15, -0.1) is 0 Å². The molecule has 3 rings (SSSR count). The summed E-state index contributed by atoms with van der Waals surface area (Å²) in [5.41, 5.74) is 1.44. The lowest BCUT2D eigenvalue weighted by molar-refractivity contribution is -0.122. The molecule has 0 unspecified atom stereocenters. The molecule has 0 bridgehead atoms. The van der Waals surface area contributed by atoms with Crippen LogP contribution in [0.15, 0.2) is 64.0 Å². The Labute approximate surface area is 154 Å². The van der Waals surface area contributed by atoms with Gasteiger partial charge >= 0.3 is 6.03 Å². The van der Waals surface area contributed by atoms with Crippen LogP contribution in [0.2, 0.25) is 0 Å². The zero-order valence-corrected chi connectivity index (χ0v) is 14.7. The number of carbonyl (C=O) groups is 2. The fraction of sp³-hybridized carbons (Fsp3) is 0.150. The molecule has 138 valence electrons. The molecule has 27 heavy (non-hydrogen) atoms. The minimum atomic E-state index is -0.582. The van der Waals surface area contributed by atoms with Crippen LogP contribution >= 0.6 is 0 Å². The Balaban J connectivity index is 1.76. The fourth-order valence-electron chi connectivity index (χ4n) is 2.53. The minimum Gasteiger partial charge on any atom is -0.484 e. The number of nitrogens with one attached hydrogen (secondary N) is 2. The van der Waals surface area contributed by atoms with E-state index in [4.69, 9.17) is 9.15 Å². The van der Waals surface area contributed by atoms with E-state index in [9.17, 15) is 14.4 Å². The molecule has 1 aromatic heterocycles. The second-order valence-electron chi connectivity index (χ2n) is 5.70. The van der Waals surface area contributed by atoms with Crippen molar-refractivity contribution >= 4 is 22.9 Å². The Hall–Kier alpha value is -3.61. The Bertz CT molecular complexity index is 1030. The third-order valence-corrected chi connectivity index (χ3v) is 3.79. The number of urea groups is 1. The zero-order valence-electron chi connectivity index (χ0n) is 14.7. The summed E-state index contributed by atoms with van der Waals surface area (Å²) in [4.78, 5) is 35.6. The first kappa shape index (κ1) is 18.2. The van der Waals surface area contributed by atoms with Gasteiger partial charge in [-0.1, -0.05) is 30.3 Å². The fourth-order valence-corrected chi connectivity index (χ4v) is 2.53. The molecule has 7 heteroatoms. The first-order valence-corrected chi connectivity index (χ1v) is 8.40. The highest BCUT2D eigenvalue weighted by atomic mass is 16.5. The molecule has 0 aliphatic heterocycles. The van der Waals surface area contributed by atoms with Crippen molar-refractivity contribution in [1.82, 2.24) is 10.6 Å². The van der Waals surface area contributed by atoms with E-state index >= 15 is 0 Å². The van der Waals surface area contributed by atoms with Gasteiger partial charge in [0, 0.05) is 12.6 Å². The molecule has 0 radical (unpaired) electrons. The van der Waals surface area contributed by atoms with Crippen LogP contribution in [0.5, 0.6) is 5.75 Å². The molecule has 0 aliphatic carbocycles. The van der Waals surface area contributed by atoms with Gasteiger partial charge in [0.1, 0.15) is 17.6 Å². The summed E-state index contributed by atoms with van der Waals surface area (Å²) in [6, 6.07) is 13.4. The average molecular weight is 366 g/mol. The maximum atomic E-state index is 12.7. The van der Waals surface area contributed by atoms with Crippen molar-refractivity contribution in [3.05, 3.63) is 65.0 Å². The first-order valence-electron chi connectivity index (χ1n) is 8.40. The van der Waals surface area contributed by atoms with Crippen molar-refractivity contribution in [1.29, 1.82) is 0 Å². The van der Waals surface area contributed by atoms with E-state index in [1.807, 2.05) is 30.3 Å². The summed E-state index contributed by atoms with van der Waals surface area (Å²) in [7, 11) is 0. The van der Waals surface area contributed by atoms with E-state index < -0.39 is 11.9 Å². The van der Waals surface area contributed by atoms with E-state index in [-0.39, 0.29) is 12.0 Å². The monoisotopic (exact) mass is 366 g/mol. The summed E-state index contributed by atoms with van der Waals surface area (Å²) < 4.78 is 10.9. The molecular weight excluding hydrogens is 348 g/mol. The third kappa shape index (κ3) is 4.33. The number of fused-ring (bicyclic) bond motifs is 1. The van der Waals surface area contributed by atoms with Crippen LogP contribution < -0.4 is 20.8 Å². The predicted molar refractivity (Wildman–Crippen MR) is 101 cm³/mol. The molecule has 0 saturated carbocycles. The molecule has 3 aromatic rings. The van der Waals surface area contributed by atoms with E-state index in [2.05, 4.69) is 10.6 Å². The van der Waals surface area contributed by atoms with Gasteiger partial charge in [-0.3, -0.25) is 14.9 Å². The van der Waals surface area contributed by atoms with E-state index in [1.54, 1.807) is 19.1 Å². The minimum absolute atomic E-state index is 0.150. The van der Waals surface area contributed by atoms with Gasteiger partial charge in [0.25, 0.3) is 5.91 Å². The molecule has 1 heterocycles. The molecule has 0 aliphatic rings. The highest BCUT2D eigenvalue weighted by Crippen LogP contribution is 2.22. The Morgan fingerprint density at radius 3 is 2.63 bits per heavy atom. The molecular formula is C20H18N2O5. The third-order valence-electron chi connectivity index (χ3n) is 3.79. The van der Waals surface area contributed by atoms with Crippen molar-refractivity contribution in [2.24, 2.45) is 0 Å². The van der Waals surface area contributed by atoms with Gasteiger partial charge in [0.15, 0.2) is 12.0 Å². The van der Waals surface area contributed by atoms with Crippen molar-refractivity contribution in [3.8, 4) is 16.9 Å². The molecule has 2 aromatic carbocycles. The van der Waals surface area contributed by atoms with Gasteiger partial charge in [0.05, 0.1) is 10.9 Å². The smallest absolute Gasteiger partial charge is 0.321 e. The standard InChI is InChI=1S/C20H18N2O5/c1-2-21-20(25)22-18(23)12-26-14-8-9-15-17(10-14)27-11-16(19(15)24)13-6-4-3-5-7-13/h3-11H,2,12H2,1H3,(H2,21,22,23,25). The number of hydrogen-bond acceptors (Lipinski definition) is 5. The number of carbonyl (C=O) groups excluding carboxylic acids is 2. The highest BCUT2D eigenvalue weighted by Gasteiger charge is 2.11. The van der Waals surface area contributed by atoms with Gasteiger partial charge in [-0.2, -0.15) is 0 Å². The van der Waals surface area contributed by atoms with Crippen molar-refractivity contribution in [2.75, 3.05) is 13.2 Å².